The van der Waals surface area contributed by atoms with E-state index in [0.29, 0.717) is 80.8 Å². The fourth-order valence-corrected chi connectivity index (χ4v) is 7.10. The first-order valence-corrected chi connectivity index (χ1v) is 15.8. The molecule has 8 bridgehead atoms. The van der Waals surface area contributed by atoms with E-state index in [9.17, 15) is 19.2 Å². The van der Waals surface area contributed by atoms with Gasteiger partial charge in [0, 0.05) is 46.3 Å². The highest BCUT2D eigenvalue weighted by Gasteiger charge is 2.51. The van der Waals surface area contributed by atoms with Crippen molar-refractivity contribution in [1.29, 1.82) is 0 Å². The van der Waals surface area contributed by atoms with Crippen LogP contribution in [-0.4, -0.2) is 60.6 Å². The van der Waals surface area contributed by atoms with E-state index in [1.54, 1.807) is 32.1 Å². The van der Waals surface area contributed by atoms with E-state index >= 15 is 0 Å². The van der Waals surface area contributed by atoms with Crippen LogP contribution in [0.5, 0.6) is 0 Å². The summed E-state index contributed by atoms with van der Waals surface area (Å²) in [6.07, 6.45) is 9.08. The molecule has 0 radical (unpaired) electrons. The van der Waals surface area contributed by atoms with Gasteiger partial charge in [0.15, 0.2) is 12.1 Å². The molecule has 6 rings (SSSR count). The van der Waals surface area contributed by atoms with Gasteiger partial charge in [-0.25, -0.2) is 15.0 Å². The number of hydrogen-bond acceptors (Lipinski definition) is 10. The molecule has 240 valence electrons. The van der Waals surface area contributed by atoms with Gasteiger partial charge in [-0.15, -0.1) is 0 Å². The molecule has 1 aliphatic carbocycles. The van der Waals surface area contributed by atoms with E-state index in [4.69, 9.17) is 29.4 Å². The summed E-state index contributed by atoms with van der Waals surface area (Å²) in [5.74, 6) is -3.22. The van der Waals surface area contributed by atoms with Gasteiger partial charge in [-0.05, 0) is 68.6 Å². The third-order valence-corrected chi connectivity index (χ3v) is 9.59. The maximum Gasteiger partial charge on any atom is 0.321 e. The van der Waals surface area contributed by atoms with Crippen LogP contribution >= 0.6 is 0 Å². The zero-order valence-corrected chi connectivity index (χ0v) is 27.4. The Balaban J connectivity index is 1.67. The van der Waals surface area contributed by atoms with Crippen LogP contribution in [0.25, 0.3) is 0 Å². The second-order valence-corrected chi connectivity index (χ2v) is 12.0. The number of ether oxygens (including phenoxy) is 2. The molecule has 3 unspecified atom stereocenters. The first-order chi connectivity index (χ1) is 22.6. The molecule has 0 aromatic heterocycles. The zero-order chi connectivity index (χ0) is 33.7. The smallest absolute Gasteiger partial charge is 0.321 e. The molecule has 10 nitrogen and oxygen atoms in total. The van der Waals surface area contributed by atoms with Crippen molar-refractivity contribution in [2.45, 2.75) is 53.9 Å². The number of nitrogens with zero attached hydrogens (tertiary/aromatic N) is 4. The molecule has 6 aliphatic rings. The lowest BCUT2D eigenvalue weighted by Gasteiger charge is -2.20. The molecule has 0 N–H and O–H groups in total. The quantitative estimate of drug-likeness (QED) is 0.199. The number of carbonyl (C=O) groups is 4. The lowest BCUT2D eigenvalue weighted by Crippen LogP contribution is -2.25. The topological polar surface area (TPSA) is 136 Å². The Labute approximate surface area is 273 Å². The van der Waals surface area contributed by atoms with Crippen LogP contribution in [0.1, 0.15) is 53.9 Å². The Bertz CT molecular complexity index is 1930. The van der Waals surface area contributed by atoms with Gasteiger partial charge in [0.25, 0.3) is 0 Å². The molecular formula is C37H36N4O6. The van der Waals surface area contributed by atoms with E-state index in [1.165, 1.54) is 7.11 Å². The monoisotopic (exact) mass is 632 g/mol. The molecule has 0 aromatic rings. The Morgan fingerprint density at radius 2 is 1.66 bits per heavy atom. The number of rotatable bonds is 8. The SMILES string of the molecule is C=CC1=C(C)C2=CC3=NC(=C4C5=NC(=CC6=NC(=CC1=N2)C(C=O)=C6CC)C(C)=C5C(=O)C4C(=O)OC)C(CCC(=O)OCC)C3C. The van der Waals surface area contributed by atoms with Crippen molar-refractivity contribution in [3.05, 3.63) is 92.7 Å². The molecule has 0 spiro atoms. The van der Waals surface area contributed by atoms with Crippen molar-refractivity contribution < 1.29 is 28.7 Å². The highest BCUT2D eigenvalue weighted by molar-refractivity contribution is 6.43. The van der Waals surface area contributed by atoms with Crippen molar-refractivity contribution in [2.24, 2.45) is 37.7 Å². The summed E-state index contributed by atoms with van der Waals surface area (Å²) in [4.78, 5) is 72.1. The summed E-state index contributed by atoms with van der Waals surface area (Å²) in [5, 5.41) is 0. The minimum Gasteiger partial charge on any atom is -0.468 e. The first kappa shape index (κ1) is 31.8. The molecule has 5 heterocycles. The molecule has 5 aliphatic heterocycles. The first-order valence-electron chi connectivity index (χ1n) is 15.8. The molecule has 10 heteroatoms. The number of Topliss-reactive ketones (excluding diaryl/α,β-unsaturated/α-hetero) is 1. The van der Waals surface area contributed by atoms with Crippen LogP contribution in [0.15, 0.2) is 113 Å². The summed E-state index contributed by atoms with van der Waals surface area (Å²) in [6.45, 7) is 13.7. The van der Waals surface area contributed by atoms with E-state index in [1.807, 2.05) is 26.8 Å². The predicted molar refractivity (Wildman–Crippen MR) is 179 cm³/mol. The Kier molecular flexibility index (Phi) is 8.29. The highest BCUT2D eigenvalue weighted by Crippen LogP contribution is 2.47. The number of fused-ring (bicyclic) bond motifs is 4. The number of methoxy groups -OCH3 is 1. The molecule has 0 amide bonds. The molecular weight excluding hydrogens is 596 g/mol. The number of carbonyl (C=O) groups excluding carboxylic acids is 4. The molecule has 1 saturated carbocycles. The second kappa shape index (κ2) is 12.2. The number of esters is 2. The maximum absolute atomic E-state index is 14.1. The van der Waals surface area contributed by atoms with Crippen LogP contribution < -0.4 is 0 Å². The number of ketones is 1. The highest BCUT2D eigenvalue weighted by atomic mass is 16.5. The van der Waals surface area contributed by atoms with Gasteiger partial charge in [0.05, 0.1) is 53.6 Å². The molecule has 1 fully saturated rings. The van der Waals surface area contributed by atoms with Gasteiger partial charge < -0.3 is 9.47 Å². The van der Waals surface area contributed by atoms with E-state index < -0.39 is 17.7 Å². The van der Waals surface area contributed by atoms with E-state index in [-0.39, 0.29) is 30.8 Å². The lowest BCUT2D eigenvalue weighted by molar-refractivity contribution is -0.146. The lowest BCUT2D eigenvalue weighted by atomic mass is 9.83. The van der Waals surface area contributed by atoms with Gasteiger partial charge in [-0.2, -0.15) is 0 Å². The standard InChI is InChI=1S/C37H36N4O6/c1-8-20-17(4)24-13-25-18(5)22(11-12-30(43)47-10-3)34(40-25)32-33(37(45)46-7)36(44)31-19(6)26(41-35(31)32)14-28-21(9-2)23(16-42)29(39-28)15-27(20)38-24/h8,13-16,18,22,33H,1,9-12H2,2-7H3. The van der Waals surface area contributed by atoms with Crippen LogP contribution in [-0.2, 0) is 28.7 Å². The van der Waals surface area contributed by atoms with Gasteiger partial charge in [-0.1, -0.05) is 26.5 Å². The van der Waals surface area contributed by atoms with Crippen LogP contribution in [0.2, 0.25) is 0 Å². The molecule has 3 atom stereocenters. The summed E-state index contributed by atoms with van der Waals surface area (Å²) >= 11 is 0. The van der Waals surface area contributed by atoms with Gasteiger partial charge >= 0.3 is 11.9 Å². The number of allylic oxidation sites excluding steroid dienone is 11. The predicted octanol–water partition coefficient (Wildman–Crippen LogP) is 5.42. The largest absolute Gasteiger partial charge is 0.468 e. The van der Waals surface area contributed by atoms with Gasteiger partial charge in [-0.3, -0.25) is 24.2 Å². The summed E-state index contributed by atoms with van der Waals surface area (Å²) in [6, 6.07) is 0. The van der Waals surface area contributed by atoms with Crippen LogP contribution in [0, 0.1) is 17.8 Å². The van der Waals surface area contributed by atoms with Gasteiger partial charge in [0.2, 0.25) is 0 Å². The molecule has 0 aromatic carbocycles. The van der Waals surface area contributed by atoms with Crippen molar-refractivity contribution in [3.63, 3.8) is 0 Å². The summed E-state index contributed by atoms with van der Waals surface area (Å²) in [5.41, 5.74) is 8.65. The Morgan fingerprint density at radius 3 is 2.32 bits per heavy atom. The summed E-state index contributed by atoms with van der Waals surface area (Å²) in [7, 11) is 1.25. The number of aliphatic imine (C=N–C) groups is 4. The van der Waals surface area contributed by atoms with Crippen molar-refractivity contribution in [3.8, 4) is 0 Å². The fraction of sp³-hybridized carbons (Fsp3) is 0.351. The summed E-state index contributed by atoms with van der Waals surface area (Å²) < 4.78 is 10.4. The minimum atomic E-state index is -1.25. The average molecular weight is 633 g/mol. The minimum absolute atomic E-state index is 0.135. The van der Waals surface area contributed by atoms with Crippen LogP contribution in [0.3, 0.4) is 0 Å². The number of hydrogen-bond donors (Lipinski definition) is 0. The van der Waals surface area contributed by atoms with Crippen LogP contribution in [0.4, 0.5) is 0 Å². The third kappa shape index (κ3) is 5.03. The molecule has 0 saturated heterocycles. The van der Waals surface area contributed by atoms with E-state index in [0.717, 1.165) is 23.0 Å². The van der Waals surface area contributed by atoms with Crippen molar-refractivity contribution >= 4 is 46.9 Å². The Morgan fingerprint density at radius 1 is 0.957 bits per heavy atom. The van der Waals surface area contributed by atoms with Gasteiger partial charge in [0.1, 0.15) is 5.92 Å². The maximum atomic E-state index is 14.1. The normalized spacial score (nSPS) is 24.6. The fourth-order valence-electron chi connectivity index (χ4n) is 7.10. The second-order valence-electron chi connectivity index (χ2n) is 12.0. The third-order valence-electron chi connectivity index (χ3n) is 9.59. The van der Waals surface area contributed by atoms with Crippen molar-refractivity contribution in [2.75, 3.05) is 13.7 Å². The van der Waals surface area contributed by atoms with Crippen molar-refractivity contribution in [1.82, 2.24) is 0 Å². The molecule has 47 heavy (non-hydrogen) atoms. The van der Waals surface area contributed by atoms with E-state index in [2.05, 4.69) is 6.58 Å². The number of aldehydes is 1. The zero-order valence-electron chi connectivity index (χ0n) is 27.4. The average Bonchev–Trinajstić information content (AvgIpc) is 3.80. The Hall–Kier alpha value is -5.12.